The highest BCUT2D eigenvalue weighted by Crippen LogP contribution is 2.32. The lowest BCUT2D eigenvalue weighted by Gasteiger charge is -2.20. The molecule has 0 atom stereocenters. The van der Waals surface area contributed by atoms with Crippen LogP contribution in [0.15, 0.2) is 42.5 Å². The molecule has 0 bridgehead atoms. The molecule has 6 nitrogen and oxygen atoms in total. The number of halogens is 3. The fourth-order valence-corrected chi connectivity index (χ4v) is 3.39. The maximum absolute atomic E-state index is 12.7. The van der Waals surface area contributed by atoms with E-state index in [1.165, 1.54) is 30.1 Å². The third kappa shape index (κ3) is 4.67. The van der Waals surface area contributed by atoms with E-state index in [2.05, 4.69) is 0 Å². The van der Waals surface area contributed by atoms with Gasteiger partial charge in [-0.25, -0.2) is 0 Å². The minimum Gasteiger partial charge on any atom is -0.366 e. The van der Waals surface area contributed by atoms with Gasteiger partial charge in [-0.2, -0.15) is 13.2 Å². The summed E-state index contributed by atoms with van der Waals surface area (Å²) >= 11 is 0. The van der Waals surface area contributed by atoms with E-state index in [9.17, 15) is 28.1 Å². The van der Waals surface area contributed by atoms with Gasteiger partial charge in [-0.15, -0.1) is 0 Å². The Morgan fingerprint density at radius 3 is 2.31 bits per heavy atom. The Morgan fingerprint density at radius 2 is 1.76 bits per heavy atom. The minimum atomic E-state index is -4.42. The molecule has 1 heterocycles. The van der Waals surface area contributed by atoms with Crippen LogP contribution < -0.4 is 4.90 Å². The van der Waals surface area contributed by atoms with Crippen LogP contribution in [0.3, 0.4) is 0 Å². The van der Waals surface area contributed by atoms with E-state index in [-0.39, 0.29) is 17.8 Å². The van der Waals surface area contributed by atoms with E-state index >= 15 is 0 Å². The van der Waals surface area contributed by atoms with Crippen LogP contribution >= 0.6 is 0 Å². The molecule has 0 radical (unpaired) electrons. The topological polar surface area (TPSA) is 66.7 Å². The van der Waals surface area contributed by atoms with Gasteiger partial charge >= 0.3 is 6.18 Å². The van der Waals surface area contributed by atoms with Crippen LogP contribution in [0.25, 0.3) is 0 Å². The maximum atomic E-state index is 12.7. The van der Waals surface area contributed by atoms with E-state index in [4.69, 9.17) is 0 Å². The smallest absolute Gasteiger partial charge is 0.366 e. The SMILES string of the molecule is CN(Cc1ccc(C(F)(F)F)cc1)C(=O)c1ccc(N2CCCC2)c([N+](=O)[O-])c1. The number of hydrogen-bond acceptors (Lipinski definition) is 4. The number of nitrogens with zero attached hydrogens (tertiary/aromatic N) is 3. The standard InChI is InChI=1S/C20H20F3N3O3/c1-24(13-14-4-7-16(8-5-14)20(21,22)23)19(27)15-6-9-17(18(12-15)26(28)29)25-10-2-3-11-25/h4-9,12H,2-3,10-11,13H2,1H3. The molecule has 154 valence electrons. The molecule has 2 aromatic rings. The summed E-state index contributed by atoms with van der Waals surface area (Å²) in [6.45, 7) is 1.56. The second kappa shape index (κ2) is 8.10. The van der Waals surface area contributed by atoms with Gasteiger partial charge in [-0.1, -0.05) is 12.1 Å². The summed E-state index contributed by atoms with van der Waals surface area (Å²) in [5.41, 5.74) is 0.296. The third-order valence-electron chi connectivity index (χ3n) is 4.91. The Balaban J connectivity index is 1.76. The number of nitro benzene ring substituents is 1. The highest BCUT2D eigenvalue weighted by molar-refractivity contribution is 5.95. The first-order valence-electron chi connectivity index (χ1n) is 9.12. The first-order valence-corrected chi connectivity index (χ1v) is 9.12. The summed E-state index contributed by atoms with van der Waals surface area (Å²) in [4.78, 5) is 26.9. The molecule has 1 saturated heterocycles. The second-order valence-corrected chi connectivity index (χ2v) is 7.01. The van der Waals surface area contributed by atoms with Crippen LogP contribution in [0.4, 0.5) is 24.5 Å². The molecular formula is C20H20F3N3O3. The van der Waals surface area contributed by atoms with E-state index in [0.29, 0.717) is 11.3 Å². The Bertz CT molecular complexity index is 907. The van der Waals surface area contributed by atoms with E-state index in [0.717, 1.165) is 38.1 Å². The third-order valence-corrected chi connectivity index (χ3v) is 4.91. The highest BCUT2D eigenvalue weighted by Gasteiger charge is 2.30. The van der Waals surface area contributed by atoms with E-state index in [1.54, 1.807) is 12.1 Å². The lowest BCUT2D eigenvalue weighted by molar-refractivity contribution is -0.384. The zero-order valence-electron chi connectivity index (χ0n) is 15.8. The van der Waals surface area contributed by atoms with Gasteiger partial charge in [0, 0.05) is 38.3 Å². The lowest BCUT2D eigenvalue weighted by atomic mass is 10.1. The van der Waals surface area contributed by atoms with Crippen molar-refractivity contribution in [1.29, 1.82) is 0 Å². The second-order valence-electron chi connectivity index (χ2n) is 7.01. The van der Waals surface area contributed by atoms with Crippen molar-refractivity contribution < 1.29 is 22.9 Å². The van der Waals surface area contributed by atoms with Crippen molar-refractivity contribution >= 4 is 17.3 Å². The van der Waals surface area contributed by atoms with Crippen LogP contribution in [0.5, 0.6) is 0 Å². The predicted molar refractivity (Wildman–Crippen MR) is 102 cm³/mol. The molecule has 0 N–H and O–H groups in total. The molecule has 2 aromatic carbocycles. The summed E-state index contributed by atoms with van der Waals surface area (Å²) in [5, 5.41) is 11.5. The number of carbonyl (C=O) groups is 1. The number of anilines is 1. The number of benzene rings is 2. The molecule has 0 unspecified atom stereocenters. The summed E-state index contributed by atoms with van der Waals surface area (Å²) in [6, 6.07) is 8.94. The fourth-order valence-electron chi connectivity index (χ4n) is 3.39. The van der Waals surface area contributed by atoms with Crippen molar-refractivity contribution in [2.24, 2.45) is 0 Å². The first kappa shape index (κ1) is 20.6. The van der Waals surface area contributed by atoms with Crippen molar-refractivity contribution in [3.8, 4) is 0 Å². The normalized spacial score (nSPS) is 14.1. The van der Waals surface area contributed by atoms with Gasteiger partial charge in [0.2, 0.25) is 0 Å². The average molecular weight is 407 g/mol. The molecule has 0 saturated carbocycles. The van der Waals surface area contributed by atoms with E-state index in [1.807, 2.05) is 4.90 Å². The van der Waals surface area contributed by atoms with Crippen LogP contribution in [0.1, 0.15) is 34.3 Å². The van der Waals surface area contributed by atoms with Crippen molar-refractivity contribution in [2.45, 2.75) is 25.6 Å². The Hall–Kier alpha value is -3.10. The van der Waals surface area contributed by atoms with Gasteiger partial charge in [0.1, 0.15) is 5.69 Å². The van der Waals surface area contributed by atoms with Crippen molar-refractivity contribution in [2.75, 3.05) is 25.0 Å². The zero-order valence-corrected chi connectivity index (χ0v) is 15.8. The first-order chi connectivity index (χ1) is 13.7. The molecule has 1 amide bonds. The molecule has 1 fully saturated rings. The average Bonchev–Trinajstić information content (AvgIpc) is 3.21. The maximum Gasteiger partial charge on any atom is 0.416 e. The number of alkyl halides is 3. The number of amides is 1. The predicted octanol–water partition coefficient (Wildman–Crippen LogP) is 4.49. The molecule has 0 aliphatic carbocycles. The van der Waals surface area contributed by atoms with Crippen molar-refractivity contribution in [1.82, 2.24) is 4.90 Å². The molecule has 0 spiro atoms. The summed E-state index contributed by atoms with van der Waals surface area (Å²) in [7, 11) is 1.50. The molecule has 9 heteroatoms. The summed E-state index contributed by atoms with van der Waals surface area (Å²) in [6.07, 6.45) is -2.49. The van der Waals surface area contributed by atoms with Gasteiger partial charge in [0.15, 0.2) is 0 Å². The molecule has 0 aromatic heterocycles. The minimum absolute atomic E-state index is 0.0820. The van der Waals surface area contributed by atoms with Crippen LogP contribution in [-0.2, 0) is 12.7 Å². The van der Waals surface area contributed by atoms with Crippen LogP contribution in [-0.4, -0.2) is 35.9 Å². The van der Waals surface area contributed by atoms with Gasteiger partial charge in [-0.3, -0.25) is 14.9 Å². The summed E-state index contributed by atoms with van der Waals surface area (Å²) in [5.74, 6) is -0.444. The van der Waals surface area contributed by atoms with Crippen LogP contribution in [0, 0.1) is 10.1 Å². The molecule has 3 rings (SSSR count). The number of hydrogen-bond donors (Lipinski definition) is 0. The summed E-state index contributed by atoms with van der Waals surface area (Å²) < 4.78 is 38.0. The Morgan fingerprint density at radius 1 is 1.14 bits per heavy atom. The van der Waals surface area contributed by atoms with E-state index < -0.39 is 22.6 Å². The quantitative estimate of drug-likeness (QED) is 0.541. The van der Waals surface area contributed by atoms with Gasteiger partial charge < -0.3 is 9.80 Å². The van der Waals surface area contributed by atoms with Crippen LogP contribution in [0.2, 0.25) is 0 Å². The monoisotopic (exact) mass is 407 g/mol. The Kier molecular flexibility index (Phi) is 5.76. The number of carbonyl (C=O) groups excluding carboxylic acids is 1. The number of nitro groups is 1. The fraction of sp³-hybridized carbons (Fsp3) is 0.350. The van der Waals surface area contributed by atoms with Gasteiger partial charge in [0.25, 0.3) is 11.6 Å². The number of rotatable bonds is 5. The molecular weight excluding hydrogens is 387 g/mol. The van der Waals surface area contributed by atoms with Gasteiger partial charge in [0.05, 0.1) is 10.5 Å². The lowest BCUT2D eigenvalue weighted by Crippen LogP contribution is -2.26. The largest absolute Gasteiger partial charge is 0.416 e. The Labute approximate surface area is 165 Å². The highest BCUT2D eigenvalue weighted by atomic mass is 19.4. The van der Waals surface area contributed by atoms with Gasteiger partial charge in [-0.05, 0) is 42.7 Å². The van der Waals surface area contributed by atoms with Crippen molar-refractivity contribution in [3.63, 3.8) is 0 Å². The molecule has 1 aliphatic rings. The molecule has 29 heavy (non-hydrogen) atoms. The molecule has 1 aliphatic heterocycles. The van der Waals surface area contributed by atoms with Crippen molar-refractivity contribution in [3.05, 3.63) is 69.3 Å². The zero-order chi connectivity index (χ0) is 21.2.